The van der Waals surface area contributed by atoms with Gasteiger partial charge in [0.05, 0.1) is 11.0 Å². The second-order valence-electron chi connectivity index (χ2n) is 6.61. The molecule has 1 aliphatic rings. The molecule has 0 aliphatic heterocycles. The van der Waals surface area contributed by atoms with Crippen LogP contribution in [0.2, 0.25) is 0 Å². The third-order valence-electron chi connectivity index (χ3n) is 4.73. The van der Waals surface area contributed by atoms with Gasteiger partial charge in [-0.3, -0.25) is 0 Å². The lowest BCUT2D eigenvalue weighted by atomic mass is 10.1. The van der Waals surface area contributed by atoms with E-state index in [0.29, 0.717) is 17.9 Å². The largest absolute Gasteiger partial charge is 0.428 e. The standard InChI is InChI=1S/C25H19NO4/c1-3-24(27)29-18-9-7-8-17(12-13-18)26-22-11-6-5-10-20(22)21-16-19(14-15-23(21)26)30-25(28)4-2/h3-8,10-16H,1-2,9H2. The highest BCUT2D eigenvalue weighted by molar-refractivity contribution is 6.11. The molecule has 0 bridgehead atoms. The first-order valence-corrected chi connectivity index (χ1v) is 9.40. The van der Waals surface area contributed by atoms with E-state index in [1.807, 2.05) is 54.6 Å². The molecule has 3 aromatic rings. The highest BCUT2D eigenvalue weighted by Gasteiger charge is 2.15. The van der Waals surface area contributed by atoms with Crippen molar-refractivity contribution in [2.24, 2.45) is 0 Å². The Morgan fingerprint density at radius 1 is 0.900 bits per heavy atom. The topological polar surface area (TPSA) is 57.5 Å². The van der Waals surface area contributed by atoms with Crippen LogP contribution in [0.5, 0.6) is 5.75 Å². The van der Waals surface area contributed by atoms with E-state index in [9.17, 15) is 9.59 Å². The van der Waals surface area contributed by atoms with Gasteiger partial charge in [0, 0.05) is 35.0 Å². The summed E-state index contributed by atoms with van der Waals surface area (Å²) in [5.74, 6) is 0.0222. The smallest absolute Gasteiger partial charge is 0.335 e. The zero-order chi connectivity index (χ0) is 21.1. The molecule has 0 N–H and O–H groups in total. The van der Waals surface area contributed by atoms with Crippen molar-refractivity contribution in [3.63, 3.8) is 0 Å². The van der Waals surface area contributed by atoms with E-state index in [1.54, 1.807) is 12.1 Å². The third kappa shape index (κ3) is 3.61. The van der Waals surface area contributed by atoms with E-state index in [0.717, 1.165) is 39.7 Å². The molecule has 1 heterocycles. The maximum Gasteiger partial charge on any atom is 0.335 e. The van der Waals surface area contributed by atoms with E-state index in [2.05, 4.69) is 17.7 Å². The zero-order valence-electron chi connectivity index (χ0n) is 16.2. The van der Waals surface area contributed by atoms with Gasteiger partial charge in [-0.25, -0.2) is 9.59 Å². The van der Waals surface area contributed by atoms with Crippen LogP contribution >= 0.6 is 0 Å². The van der Waals surface area contributed by atoms with Gasteiger partial charge >= 0.3 is 11.9 Å². The summed E-state index contributed by atoms with van der Waals surface area (Å²) < 4.78 is 12.7. The molecule has 1 aliphatic carbocycles. The number of nitrogens with zero attached hydrogens (tertiary/aromatic N) is 1. The van der Waals surface area contributed by atoms with Crippen LogP contribution in [0.4, 0.5) is 0 Å². The van der Waals surface area contributed by atoms with Gasteiger partial charge in [-0.1, -0.05) is 37.4 Å². The minimum Gasteiger partial charge on any atom is -0.428 e. The van der Waals surface area contributed by atoms with Crippen LogP contribution < -0.4 is 4.74 Å². The molecule has 0 atom stereocenters. The number of aromatic nitrogens is 1. The lowest BCUT2D eigenvalue weighted by molar-refractivity contribution is -0.134. The maximum atomic E-state index is 11.6. The van der Waals surface area contributed by atoms with E-state index in [1.165, 1.54) is 0 Å². The fourth-order valence-electron chi connectivity index (χ4n) is 3.44. The van der Waals surface area contributed by atoms with Crippen LogP contribution in [0, 0.1) is 0 Å². The second-order valence-corrected chi connectivity index (χ2v) is 6.61. The Kier molecular flexibility index (Phi) is 5.18. The van der Waals surface area contributed by atoms with Crippen LogP contribution in [0.15, 0.2) is 97.8 Å². The van der Waals surface area contributed by atoms with Gasteiger partial charge in [-0.05, 0) is 42.5 Å². The molecule has 30 heavy (non-hydrogen) atoms. The van der Waals surface area contributed by atoms with Crippen molar-refractivity contribution in [3.05, 3.63) is 97.8 Å². The van der Waals surface area contributed by atoms with Crippen molar-refractivity contribution in [2.75, 3.05) is 0 Å². The zero-order valence-corrected chi connectivity index (χ0v) is 16.2. The van der Waals surface area contributed by atoms with E-state index in [4.69, 9.17) is 9.47 Å². The third-order valence-corrected chi connectivity index (χ3v) is 4.73. The van der Waals surface area contributed by atoms with E-state index in [-0.39, 0.29) is 0 Å². The van der Waals surface area contributed by atoms with Gasteiger partial charge in [0.2, 0.25) is 0 Å². The molecule has 0 saturated carbocycles. The number of hydrogen-bond acceptors (Lipinski definition) is 4. The van der Waals surface area contributed by atoms with Crippen molar-refractivity contribution < 1.29 is 19.1 Å². The SMILES string of the molecule is C=CC(=O)OC1=CC=C(n2c3ccccc3c3cc(OC(=O)C=C)ccc32)C=CC1. The van der Waals surface area contributed by atoms with Crippen molar-refractivity contribution in [1.29, 1.82) is 0 Å². The average molecular weight is 397 g/mol. The molecule has 148 valence electrons. The Balaban J connectivity index is 1.86. The first-order valence-electron chi connectivity index (χ1n) is 9.40. The summed E-state index contributed by atoms with van der Waals surface area (Å²) in [5.41, 5.74) is 2.89. The Morgan fingerprint density at radius 3 is 2.43 bits per heavy atom. The number of fused-ring (bicyclic) bond motifs is 3. The first-order chi connectivity index (χ1) is 14.6. The molecule has 0 spiro atoms. The number of esters is 2. The molecule has 0 fully saturated rings. The monoisotopic (exact) mass is 397 g/mol. The molecular formula is C25H19NO4. The van der Waals surface area contributed by atoms with Gasteiger partial charge in [0.15, 0.2) is 0 Å². The quantitative estimate of drug-likeness (QED) is 0.333. The highest BCUT2D eigenvalue weighted by atomic mass is 16.5. The molecule has 4 rings (SSSR count). The van der Waals surface area contributed by atoms with Gasteiger partial charge in [-0.15, -0.1) is 0 Å². The predicted octanol–water partition coefficient (Wildman–Crippen LogP) is 5.30. The summed E-state index contributed by atoms with van der Waals surface area (Å²) in [5, 5.41) is 1.99. The molecule has 5 heteroatoms. The van der Waals surface area contributed by atoms with Crippen molar-refractivity contribution >= 4 is 39.4 Å². The van der Waals surface area contributed by atoms with E-state index >= 15 is 0 Å². The summed E-state index contributed by atoms with van der Waals surface area (Å²) in [4.78, 5) is 23.1. The summed E-state index contributed by atoms with van der Waals surface area (Å²) >= 11 is 0. The number of allylic oxidation sites excluding steroid dienone is 5. The number of ether oxygens (including phenoxy) is 2. The molecule has 1 aromatic heterocycles. The minimum atomic E-state index is -0.501. The van der Waals surface area contributed by atoms with Gasteiger partial charge < -0.3 is 14.0 Å². The Labute approximate surface area is 173 Å². The summed E-state index contributed by atoms with van der Waals surface area (Å²) in [7, 11) is 0. The number of benzene rings is 2. The number of carbonyl (C=O) groups excluding carboxylic acids is 2. The van der Waals surface area contributed by atoms with Crippen molar-refractivity contribution in [3.8, 4) is 5.75 Å². The van der Waals surface area contributed by atoms with Crippen LogP contribution in [0.25, 0.3) is 27.5 Å². The maximum absolute atomic E-state index is 11.6. The molecule has 0 radical (unpaired) electrons. The molecule has 2 aromatic carbocycles. The molecule has 0 saturated heterocycles. The van der Waals surface area contributed by atoms with Gasteiger partial charge in [-0.2, -0.15) is 0 Å². The van der Waals surface area contributed by atoms with Gasteiger partial charge in [0.1, 0.15) is 11.5 Å². The average Bonchev–Trinajstić information content (AvgIpc) is 2.91. The van der Waals surface area contributed by atoms with E-state index < -0.39 is 11.9 Å². The second kappa shape index (κ2) is 8.09. The van der Waals surface area contributed by atoms with Gasteiger partial charge in [0.25, 0.3) is 0 Å². The normalized spacial score (nSPS) is 13.3. The summed E-state index contributed by atoms with van der Waals surface area (Å²) in [6.45, 7) is 6.86. The Hall–Kier alpha value is -4.12. The fourth-order valence-corrected chi connectivity index (χ4v) is 3.44. The number of carbonyl (C=O) groups is 2. The number of hydrogen-bond donors (Lipinski definition) is 0. The van der Waals surface area contributed by atoms with Crippen LogP contribution in [0.1, 0.15) is 6.42 Å². The molecular weight excluding hydrogens is 378 g/mol. The highest BCUT2D eigenvalue weighted by Crippen LogP contribution is 2.35. The lowest BCUT2D eigenvalue weighted by Crippen LogP contribution is -2.02. The predicted molar refractivity (Wildman–Crippen MR) is 118 cm³/mol. The van der Waals surface area contributed by atoms with Crippen molar-refractivity contribution in [1.82, 2.24) is 4.57 Å². The number of para-hydroxylation sites is 1. The molecule has 0 unspecified atom stereocenters. The Morgan fingerprint density at radius 2 is 1.63 bits per heavy atom. The summed E-state index contributed by atoms with van der Waals surface area (Å²) in [6, 6.07) is 13.5. The Bertz CT molecular complexity index is 1290. The molecule has 5 nitrogen and oxygen atoms in total. The van der Waals surface area contributed by atoms with Crippen LogP contribution in [-0.2, 0) is 14.3 Å². The van der Waals surface area contributed by atoms with Crippen LogP contribution in [-0.4, -0.2) is 16.5 Å². The fraction of sp³-hybridized carbons (Fsp3) is 0.0400. The number of rotatable bonds is 5. The van der Waals surface area contributed by atoms with Crippen LogP contribution in [0.3, 0.4) is 0 Å². The first kappa shape index (κ1) is 19.2. The minimum absolute atomic E-state index is 0.458. The summed E-state index contributed by atoms with van der Waals surface area (Å²) in [6.07, 6.45) is 10.4. The lowest BCUT2D eigenvalue weighted by Gasteiger charge is -2.08. The molecule has 0 amide bonds. The van der Waals surface area contributed by atoms with Crippen molar-refractivity contribution in [2.45, 2.75) is 6.42 Å².